The number of aliphatic hydroxyl groups excluding tert-OH is 1. The molecule has 1 fully saturated rings. The fourth-order valence-corrected chi connectivity index (χ4v) is 4.11. The van der Waals surface area contributed by atoms with Crippen LogP contribution in [0.1, 0.15) is 48.6 Å². The fourth-order valence-electron chi connectivity index (χ4n) is 4.11. The third kappa shape index (κ3) is 4.46. The normalized spacial score (nSPS) is 21.6. The first-order valence-corrected chi connectivity index (χ1v) is 10.3. The quantitative estimate of drug-likeness (QED) is 0.484. The zero-order chi connectivity index (χ0) is 23.1. The molecule has 3 aromatic rings. The van der Waals surface area contributed by atoms with Crippen LogP contribution in [0.3, 0.4) is 0 Å². The topological polar surface area (TPSA) is 111 Å². The second kappa shape index (κ2) is 8.18. The Kier molecular flexibility index (Phi) is 5.68. The van der Waals surface area contributed by atoms with Gasteiger partial charge in [-0.1, -0.05) is 0 Å². The van der Waals surface area contributed by atoms with Crippen molar-refractivity contribution in [2.75, 3.05) is 11.9 Å². The predicted octanol–water partition coefficient (Wildman–Crippen LogP) is 3.77. The van der Waals surface area contributed by atoms with Crippen molar-refractivity contribution in [3.8, 4) is 0 Å². The molecule has 0 radical (unpaired) electrons. The average molecular weight is 448 g/mol. The van der Waals surface area contributed by atoms with Crippen molar-refractivity contribution in [2.45, 2.75) is 50.3 Å². The Balaban J connectivity index is 1.76. The molecule has 0 spiro atoms. The Labute approximate surface area is 181 Å². The molecule has 0 bridgehead atoms. The molecule has 1 aliphatic carbocycles. The van der Waals surface area contributed by atoms with Crippen molar-refractivity contribution in [1.82, 2.24) is 15.0 Å². The van der Waals surface area contributed by atoms with Crippen LogP contribution in [-0.4, -0.2) is 37.4 Å². The van der Waals surface area contributed by atoms with Crippen molar-refractivity contribution in [3.05, 3.63) is 57.8 Å². The van der Waals surface area contributed by atoms with E-state index in [2.05, 4.69) is 20.3 Å². The van der Waals surface area contributed by atoms with Crippen LogP contribution in [0.15, 0.2) is 35.3 Å². The Morgan fingerprint density at radius 2 is 1.94 bits per heavy atom. The number of aromatic amines is 1. The SMILES string of the molecule is Cc1cc(Nc2nc(C3CCC(O)(CO)CC3)nc3cc[nH]c(=O)c23)cc(C(F)(F)F)c1. The van der Waals surface area contributed by atoms with E-state index in [9.17, 15) is 28.2 Å². The van der Waals surface area contributed by atoms with E-state index in [4.69, 9.17) is 0 Å². The lowest BCUT2D eigenvalue weighted by molar-refractivity contribution is -0.137. The smallest absolute Gasteiger partial charge is 0.393 e. The molecule has 0 saturated heterocycles. The van der Waals surface area contributed by atoms with Gasteiger partial charge in [0.1, 0.15) is 17.0 Å². The van der Waals surface area contributed by atoms with Crippen molar-refractivity contribution in [2.24, 2.45) is 0 Å². The van der Waals surface area contributed by atoms with Gasteiger partial charge in [0.15, 0.2) is 0 Å². The molecule has 0 amide bonds. The highest BCUT2D eigenvalue weighted by Gasteiger charge is 2.35. The van der Waals surface area contributed by atoms with Crippen molar-refractivity contribution in [3.63, 3.8) is 0 Å². The molecule has 0 atom stereocenters. The Morgan fingerprint density at radius 3 is 2.59 bits per heavy atom. The van der Waals surface area contributed by atoms with Crippen LogP contribution in [0.4, 0.5) is 24.7 Å². The van der Waals surface area contributed by atoms with Gasteiger partial charge in [0.2, 0.25) is 0 Å². The predicted molar refractivity (Wildman–Crippen MR) is 113 cm³/mol. The van der Waals surface area contributed by atoms with Crippen LogP contribution in [0.5, 0.6) is 0 Å². The summed E-state index contributed by atoms with van der Waals surface area (Å²) in [6.45, 7) is 1.23. The van der Waals surface area contributed by atoms with Gasteiger partial charge in [-0.3, -0.25) is 4.79 Å². The zero-order valence-electron chi connectivity index (χ0n) is 17.3. The lowest BCUT2D eigenvalue weighted by Gasteiger charge is -2.34. The number of anilines is 2. The molecule has 1 aliphatic rings. The van der Waals surface area contributed by atoms with Crippen LogP contribution >= 0.6 is 0 Å². The number of fused-ring (bicyclic) bond motifs is 1. The maximum absolute atomic E-state index is 13.3. The van der Waals surface area contributed by atoms with Gasteiger partial charge in [0, 0.05) is 17.8 Å². The summed E-state index contributed by atoms with van der Waals surface area (Å²) in [4.78, 5) is 24.0. The largest absolute Gasteiger partial charge is 0.416 e. The molecule has 4 N–H and O–H groups in total. The number of H-pyrrole nitrogens is 1. The molecule has 0 unspecified atom stereocenters. The lowest BCUT2D eigenvalue weighted by atomic mass is 9.79. The highest BCUT2D eigenvalue weighted by atomic mass is 19.4. The number of alkyl halides is 3. The van der Waals surface area contributed by atoms with E-state index in [1.54, 1.807) is 19.1 Å². The molecule has 1 aromatic carbocycles. The van der Waals surface area contributed by atoms with E-state index in [0.29, 0.717) is 42.6 Å². The highest BCUT2D eigenvalue weighted by molar-refractivity contribution is 5.90. The van der Waals surface area contributed by atoms with E-state index in [0.717, 1.165) is 12.1 Å². The van der Waals surface area contributed by atoms with Gasteiger partial charge in [-0.05, 0) is 62.4 Å². The van der Waals surface area contributed by atoms with Gasteiger partial charge in [0.05, 0.1) is 23.3 Å². The van der Waals surface area contributed by atoms with Gasteiger partial charge in [-0.2, -0.15) is 13.2 Å². The van der Waals surface area contributed by atoms with Crippen LogP contribution in [-0.2, 0) is 6.18 Å². The van der Waals surface area contributed by atoms with Crippen LogP contribution < -0.4 is 10.9 Å². The number of aryl methyl sites for hydroxylation is 1. The molecule has 2 aromatic heterocycles. The minimum Gasteiger partial charge on any atom is -0.393 e. The number of nitrogens with zero attached hydrogens (tertiary/aromatic N) is 2. The highest BCUT2D eigenvalue weighted by Crippen LogP contribution is 2.38. The van der Waals surface area contributed by atoms with E-state index >= 15 is 0 Å². The summed E-state index contributed by atoms with van der Waals surface area (Å²) in [6.07, 6.45) is -1.24. The number of aromatic nitrogens is 3. The molecule has 4 rings (SSSR count). The fraction of sp³-hybridized carbons (Fsp3) is 0.409. The van der Waals surface area contributed by atoms with Gasteiger partial charge in [-0.25, -0.2) is 9.97 Å². The number of benzene rings is 1. The summed E-state index contributed by atoms with van der Waals surface area (Å²) in [5, 5.41) is 22.7. The number of hydrogen-bond donors (Lipinski definition) is 4. The van der Waals surface area contributed by atoms with Crippen molar-refractivity contribution in [1.29, 1.82) is 0 Å². The second-order valence-corrected chi connectivity index (χ2v) is 8.36. The maximum Gasteiger partial charge on any atom is 0.416 e. The number of pyridine rings is 1. The number of hydrogen-bond acceptors (Lipinski definition) is 6. The molecule has 1 saturated carbocycles. The minimum atomic E-state index is -4.51. The van der Waals surface area contributed by atoms with Crippen molar-refractivity contribution < 1.29 is 23.4 Å². The van der Waals surface area contributed by atoms with Crippen LogP contribution in [0, 0.1) is 6.92 Å². The van der Waals surface area contributed by atoms with Gasteiger partial charge >= 0.3 is 6.18 Å². The third-order valence-corrected chi connectivity index (χ3v) is 5.88. The van der Waals surface area contributed by atoms with Gasteiger partial charge < -0.3 is 20.5 Å². The van der Waals surface area contributed by atoms with Crippen LogP contribution in [0.2, 0.25) is 0 Å². The first kappa shape index (κ1) is 22.2. The molecule has 7 nitrogen and oxygen atoms in total. The summed E-state index contributed by atoms with van der Waals surface area (Å²) < 4.78 is 39.8. The van der Waals surface area contributed by atoms with Crippen LogP contribution in [0.25, 0.3) is 10.9 Å². The van der Waals surface area contributed by atoms with Gasteiger partial charge in [0.25, 0.3) is 5.56 Å². The van der Waals surface area contributed by atoms with E-state index in [1.807, 2.05) is 0 Å². The van der Waals surface area contributed by atoms with Crippen molar-refractivity contribution >= 4 is 22.4 Å². The first-order valence-electron chi connectivity index (χ1n) is 10.3. The summed E-state index contributed by atoms with van der Waals surface area (Å²) in [5.41, 5.74) is -1.45. The Bertz CT molecular complexity index is 1200. The van der Waals surface area contributed by atoms with E-state index in [-0.39, 0.29) is 29.4 Å². The Hall–Kier alpha value is -2.98. The molecular weight excluding hydrogens is 425 g/mol. The number of halogens is 3. The standard InChI is InChI=1S/C22H23F3N4O3/c1-12-8-14(22(23,24)25)10-15(9-12)27-19-17-16(4-7-26-20(17)31)28-18(29-19)13-2-5-21(32,11-30)6-3-13/h4,7-10,13,30,32H,2-3,5-6,11H2,1H3,(H,26,31)(H,27,28,29). The minimum absolute atomic E-state index is 0.116. The van der Waals surface area contributed by atoms with E-state index in [1.165, 1.54) is 6.20 Å². The summed E-state index contributed by atoms with van der Waals surface area (Å²) >= 11 is 0. The maximum atomic E-state index is 13.3. The molecule has 32 heavy (non-hydrogen) atoms. The summed E-state index contributed by atoms with van der Waals surface area (Å²) in [7, 11) is 0. The Morgan fingerprint density at radius 1 is 1.22 bits per heavy atom. The number of nitrogens with one attached hydrogen (secondary N) is 2. The first-order chi connectivity index (χ1) is 15.1. The number of rotatable bonds is 4. The average Bonchev–Trinajstić information content (AvgIpc) is 2.73. The monoisotopic (exact) mass is 448 g/mol. The summed E-state index contributed by atoms with van der Waals surface area (Å²) in [5.74, 6) is 0.442. The van der Waals surface area contributed by atoms with Gasteiger partial charge in [-0.15, -0.1) is 0 Å². The third-order valence-electron chi connectivity index (χ3n) is 5.88. The lowest BCUT2D eigenvalue weighted by Crippen LogP contribution is -2.37. The second-order valence-electron chi connectivity index (χ2n) is 8.36. The molecule has 0 aliphatic heterocycles. The number of aliphatic hydroxyl groups is 2. The zero-order valence-corrected chi connectivity index (χ0v) is 17.3. The molecular formula is C22H23F3N4O3. The molecule has 170 valence electrons. The van der Waals surface area contributed by atoms with E-state index < -0.39 is 22.9 Å². The molecule has 10 heteroatoms. The molecule has 2 heterocycles. The summed E-state index contributed by atoms with van der Waals surface area (Å²) in [6, 6.07) is 5.17.